The molecular weight excluding hydrogens is 412 g/mol. The molecule has 0 aliphatic carbocycles. The van der Waals surface area contributed by atoms with Gasteiger partial charge in [-0.3, -0.25) is 0 Å². The van der Waals surface area contributed by atoms with Crippen molar-refractivity contribution in [2.24, 2.45) is 0 Å². The Hall–Kier alpha value is -1.42. The average molecular weight is 447 g/mol. The van der Waals surface area contributed by atoms with Gasteiger partial charge in [-0.15, -0.1) is 0 Å². The molecule has 28 heavy (non-hydrogen) atoms. The summed E-state index contributed by atoms with van der Waals surface area (Å²) >= 11 is 3.46. The molecule has 3 nitrogen and oxygen atoms in total. The van der Waals surface area contributed by atoms with Crippen molar-refractivity contribution in [1.82, 2.24) is 9.97 Å². The van der Waals surface area contributed by atoms with E-state index in [4.69, 9.17) is 4.74 Å². The van der Waals surface area contributed by atoms with Gasteiger partial charge in [0.05, 0.1) is 6.61 Å². The lowest BCUT2D eigenvalue weighted by Crippen LogP contribution is -1.97. The summed E-state index contributed by atoms with van der Waals surface area (Å²) in [6.45, 7) is 3.04. The van der Waals surface area contributed by atoms with Crippen LogP contribution in [0.1, 0.15) is 76.7 Å². The molecule has 0 bridgehead atoms. The van der Waals surface area contributed by atoms with Crippen LogP contribution in [0.15, 0.2) is 36.7 Å². The van der Waals surface area contributed by atoms with Crippen LogP contribution in [-0.2, 0) is 6.42 Å². The highest BCUT2D eigenvalue weighted by molar-refractivity contribution is 9.09. The van der Waals surface area contributed by atoms with Crippen LogP contribution in [0.4, 0.5) is 0 Å². The molecule has 0 saturated carbocycles. The molecule has 0 unspecified atom stereocenters. The fourth-order valence-corrected chi connectivity index (χ4v) is 3.58. The number of rotatable bonds is 15. The van der Waals surface area contributed by atoms with Gasteiger partial charge in [-0.2, -0.15) is 0 Å². The number of alkyl halides is 1. The number of hydrogen-bond acceptors (Lipinski definition) is 3. The van der Waals surface area contributed by atoms with E-state index in [0.29, 0.717) is 0 Å². The molecule has 0 N–H and O–H groups in total. The van der Waals surface area contributed by atoms with E-state index in [-0.39, 0.29) is 0 Å². The van der Waals surface area contributed by atoms with Crippen LogP contribution >= 0.6 is 15.9 Å². The van der Waals surface area contributed by atoms with Gasteiger partial charge < -0.3 is 4.74 Å². The van der Waals surface area contributed by atoms with Crippen molar-refractivity contribution in [3.63, 3.8) is 0 Å². The fraction of sp³-hybridized carbons (Fsp3) is 0.583. The van der Waals surface area contributed by atoms with Gasteiger partial charge in [0.25, 0.3) is 0 Å². The predicted octanol–water partition coefficient (Wildman–Crippen LogP) is 7.38. The quantitative estimate of drug-likeness (QED) is 0.211. The van der Waals surface area contributed by atoms with Gasteiger partial charge >= 0.3 is 0 Å². The van der Waals surface area contributed by atoms with E-state index in [1.807, 2.05) is 36.7 Å². The number of ether oxygens (including phenoxy) is 1. The first kappa shape index (κ1) is 22.9. The molecule has 154 valence electrons. The lowest BCUT2D eigenvalue weighted by Gasteiger charge is -2.07. The highest BCUT2D eigenvalue weighted by Crippen LogP contribution is 2.20. The van der Waals surface area contributed by atoms with Gasteiger partial charge in [0.1, 0.15) is 5.75 Å². The van der Waals surface area contributed by atoms with Gasteiger partial charge in [-0.05, 0) is 55.5 Å². The van der Waals surface area contributed by atoms with Crippen LogP contribution in [0, 0.1) is 0 Å². The molecule has 0 saturated heterocycles. The number of nitrogens with zero attached hydrogens (tertiary/aromatic N) is 2. The molecule has 4 heteroatoms. The molecule has 0 radical (unpaired) electrons. The van der Waals surface area contributed by atoms with Crippen LogP contribution in [0.2, 0.25) is 0 Å². The lowest BCUT2D eigenvalue weighted by atomic mass is 10.1. The molecular formula is C24H35BrN2O. The Labute approximate surface area is 179 Å². The summed E-state index contributed by atoms with van der Waals surface area (Å²) in [6.07, 6.45) is 17.8. The van der Waals surface area contributed by atoms with E-state index in [1.54, 1.807) is 0 Å². The minimum absolute atomic E-state index is 0.783. The summed E-state index contributed by atoms with van der Waals surface area (Å²) in [5.41, 5.74) is 2.27. The Bertz CT molecular complexity index is 571. The average Bonchev–Trinajstić information content (AvgIpc) is 2.74. The van der Waals surface area contributed by atoms with E-state index < -0.39 is 0 Å². The van der Waals surface area contributed by atoms with Crippen LogP contribution in [0.25, 0.3) is 11.4 Å². The maximum atomic E-state index is 5.82. The molecule has 0 aliphatic rings. The third kappa shape index (κ3) is 9.18. The fourth-order valence-electron chi connectivity index (χ4n) is 3.18. The minimum atomic E-state index is 0.783. The number of benzene rings is 1. The number of hydrogen-bond donors (Lipinski definition) is 0. The van der Waals surface area contributed by atoms with Crippen molar-refractivity contribution >= 4 is 15.9 Å². The van der Waals surface area contributed by atoms with Crippen LogP contribution in [0.5, 0.6) is 5.75 Å². The highest BCUT2D eigenvalue weighted by atomic mass is 79.9. The molecule has 0 aliphatic heterocycles. The Balaban J connectivity index is 1.71. The topological polar surface area (TPSA) is 35.0 Å². The van der Waals surface area contributed by atoms with Crippen molar-refractivity contribution < 1.29 is 4.74 Å². The van der Waals surface area contributed by atoms with E-state index >= 15 is 0 Å². The first-order chi connectivity index (χ1) is 13.8. The summed E-state index contributed by atoms with van der Waals surface area (Å²) < 4.78 is 5.82. The maximum absolute atomic E-state index is 5.82. The smallest absolute Gasteiger partial charge is 0.159 e. The standard InChI is InChI=1S/C24H35BrN2O/c1-2-3-4-5-6-9-12-21-19-26-24(27-20-21)22-13-15-23(16-14-22)28-18-11-8-7-10-17-25/h13-16,19-20H,2-12,17-18H2,1H3. The number of aromatic nitrogens is 2. The third-order valence-electron chi connectivity index (χ3n) is 4.93. The minimum Gasteiger partial charge on any atom is -0.494 e. The molecule has 1 aromatic carbocycles. The molecule has 1 aromatic heterocycles. The summed E-state index contributed by atoms with van der Waals surface area (Å²) in [5.74, 6) is 1.71. The van der Waals surface area contributed by atoms with Crippen LogP contribution in [-0.4, -0.2) is 21.9 Å². The number of aryl methyl sites for hydroxylation is 1. The summed E-state index contributed by atoms with van der Waals surface area (Å²) in [4.78, 5) is 9.11. The SMILES string of the molecule is CCCCCCCCc1cnc(-c2ccc(OCCCCCCBr)cc2)nc1. The highest BCUT2D eigenvalue weighted by Gasteiger charge is 2.03. The van der Waals surface area contributed by atoms with Gasteiger partial charge in [0, 0.05) is 23.3 Å². The molecule has 0 spiro atoms. The Kier molecular flexibility index (Phi) is 11.9. The van der Waals surface area contributed by atoms with E-state index in [1.165, 1.54) is 63.4 Å². The monoisotopic (exact) mass is 446 g/mol. The molecule has 0 fully saturated rings. The molecule has 2 rings (SSSR count). The Morgan fingerprint density at radius 2 is 1.43 bits per heavy atom. The van der Waals surface area contributed by atoms with Crippen molar-refractivity contribution in [1.29, 1.82) is 0 Å². The summed E-state index contributed by atoms with van der Waals surface area (Å²) in [6, 6.07) is 8.12. The van der Waals surface area contributed by atoms with E-state index in [0.717, 1.165) is 41.9 Å². The van der Waals surface area contributed by atoms with Gasteiger partial charge in [-0.25, -0.2) is 9.97 Å². The Morgan fingerprint density at radius 3 is 2.14 bits per heavy atom. The number of halogens is 1. The van der Waals surface area contributed by atoms with Crippen molar-refractivity contribution in [3.8, 4) is 17.1 Å². The zero-order valence-corrected chi connectivity index (χ0v) is 18.9. The zero-order valence-electron chi connectivity index (χ0n) is 17.3. The molecule has 0 atom stereocenters. The summed E-state index contributed by atoms with van der Waals surface area (Å²) in [5, 5.41) is 1.09. The number of unbranched alkanes of at least 4 members (excludes halogenated alkanes) is 8. The summed E-state index contributed by atoms with van der Waals surface area (Å²) in [7, 11) is 0. The van der Waals surface area contributed by atoms with Crippen molar-refractivity contribution in [2.45, 2.75) is 77.6 Å². The van der Waals surface area contributed by atoms with Crippen LogP contribution < -0.4 is 4.74 Å². The van der Waals surface area contributed by atoms with Crippen molar-refractivity contribution in [3.05, 3.63) is 42.2 Å². The van der Waals surface area contributed by atoms with Gasteiger partial charge in [0.15, 0.2) is 5.82 Å². The second-order valence-corrected chi connectivity index (χ2v) is 8.20. The largest absolute Gasteiger partial charge is 0.494 e. The van der Waals surface area contributed by atoms with Crippen molar-refractivity contribution in [2.75, 3.05) is 11.9 Å². The molecule has 0 amide bonds. The zero-order chi connectivity index (χ0) is 19.9. The molecule has 2 aromatic rings. The third-order valence-corrected chi connectivity index (χ3v) is 5.49. The van der Waals surface area contributed by atoms with Gasteiger partial charge in [0.2, 0.25) is 0 Å². The first-order valence-corrected chi connectivity index (χ1v) is 12.1. The van der Waals surface area contributed by atoms with E-state index in [2.05, 4.69) is 32.8 Å². The molecule has 1 heterocycles. The lowest BCUT2D eigenvalue weighted by molar-refractivity contribution is 0.305. The predicted molar refractivity (Wildman–Crippen MR) is 122 cm³/mol. The van der Waals surface area contributed by atoms with Crippen LogP contribution in [0.3, 0.4) is 0 Å². The maximum Gasteiger partial charge on any atom is 0.159 e. The second kappa shape index (κ2) is 14.6. The first-order valence-electron chi connectivity index (χ1n) is 10.9. The second-order valence-electron chi connectivity index (χ2n) is 7.41. The van der Waals surface area contributed by atoms with Gasteiger partial charge in [-0.1, -0.05) is 67.8 Å². The van der Waals surface area contributed by atoms with E-state index in [9.17, 15) is 0 Å². The normalized spacial score (nSPS) is 10.9. The Morgan fingerprint density at radius 1 is 0.786 bits per heavy atom.